The molecule has 25 heavy (non-hydrogen) atoms. The Kier molecular flexibility index (Phi) is 8.25. The maximum absolute atomic E-state index is 2.37. The lowest BCUT2D eigenvalue weighted by molar-refractivity contribution is 0.834. The van der Waals surface area contributed by atoms with Crippen molar-refractivity contribution in [1.29, 1.82) is 0 Å². The van der Waals surface area contributed by atoms with Crippen molar-refractivity contribution in [3.8, 4) is 0 Å². The van der Waals surface area contributed by atoms with Crippen LogP contribution >= 0.6 is 0 Å². The standard InChI is InChI=1S/C25H36/c1-5-11-20-15-9-17-22(24(20)13-7-3)19-23-18-10-16-21(12-6-2)25(23)14-8-4/h9-10,15-18H,5-8,11-14,19H2,1-4H3. The monoisotopic (exact) mass is 336 g/mol. The van der Waals surface area contributed by atoms with Gasteiger partial charge in [-0.05, 0) is 65.5 Å². The first-order chi connectivity index (χ1) is 12.2. The second kappa shape index (κ2) is 10.4. The minimum atomic E-state index is 1.10. The normalized spacial score (nSPS) is 11.0. The Balaban J connectivity index is 2.42. The van der Waals surface area contributed by atoms with E-state index in [1.807, 2.05) is 0 Å². The topological polar surface area (TPSA) is 0 Å². The molecule has 136 valence electrons. The van der Waals surface area contributed by atoms with Crippen molar-refractivity contribution in [1.82, 2.24) is 0 Å². The van der Waals surface area contributed by atoms with Gasteiger partial charge in [0.25, 0.3) is 0 Å². The van der Waals surface area contributed by atoms with E-state index in [-0.39, 0.29) is 0 Å². The fraction of sp³-hybridized carbons (Fsp3) is 0.520. The van der Waals surface area contributed by atoms with Crippen LogP contribution in [0.3, 0.4) is 0 Å². The Hall–Kier alpha value is -1.56. The van der Waals surface area contributed by atoms with Gasteiger partial charge < -0.3 is 0 Å². The smallest absolute Gasteiger partial charge is 0.00201 e. The Bertz CT molecular complexity index is 594. The summed E-state index contributed by atoms with van der Waals surface area (Å²) >= 11 is 0. The van der Waals surface area contributed by atoms with Gasteiger partial charge in [-0.1, -0.05) is 89.8 Å². The molecule has 2 aromatic rings. The molecule has 2 rings (SSSR count). The van der Waals surface area contributed by atoms with Gasteiger partial charge in [-0.25, -0.2) is 0 Å². The highest BCUT2D eigenvalue weighted by molar-refractivity contribution is 5.43. The Morgan fingerprint density at radius 2 is 0.840 bits per heavy atom. The highest BCUT2D eigenvalue weighted by atomic mass is 14.2. The first kappa shape index (κ1) is 19.8. The van der Waals surface area contributed by atoms with Crippen LogP contribution in [0.15, 0.2) is 36.4 Å². The van der Waals surface area contributed by atoms with E-state index in [0.29, 0.717) is 0 Å². The summed E-state index contributed by atoms with van der Waals surface area (Å²) in [6.45, 7) is 9.18. The maximum atomic E-state index is 2.37. The molecule has 2 aromatic carbocycles. The van der Waals surface area contributed by atoms with Crippen LogP contribution in [0.25, 0.3) is 0 Å². The Labute approximate surface area is 155 Å². The molecule has 0 heteroatoms. The van der Waals surface area contributed by atoms with Crippen LogP contribution < -0.4 is 0 Å². The molecule has 0 heterocycles. The van der Waals surface area contributed by atoms with E-state index >= 15 is 0 Å². The molecule has 0 N–H and O–H groups in total. The zero-order valence-corrected chi connectivity index (χ0v) is 16.8. The van der Waals surface area contributed by atoms with Crippen molar-refractivity contribution in [2.24, 2.45) is 0 Å². The van der Waals surface area contributed by atoms with E-state index in [2.05, 4.69) is 64.1 Å². The maximum Gasteiger partial charge on any atom is -0.00201 e. The SMILES string of the molecule is CCCc1cccc(Cc2cccc(CCC)c2CCC)c1CCC. The lowest BCUT2D eigenvalue weighted by Crippen LogP contribution is -2.05. The van der Waals surface area contributed by atoms with Crippen LogP contribution in [-0.2, 0) is 32.1 Å². The first-order valence-electron chi connectivity index (χ1n) is 10.4. The summed E-state index contributed by atoms with van der Waals surface area (Å²) in [5.74, 6) is 0. The highest BCUT2D eigenvalue weighted by Gasteiger charge is 2.12. The van der Waals surface area contributed by atoms with E-state index in [9.17, 15) is 0 Å². The molecule has 0 atom stereocenters. The summed E-state index contributed by atoms with van der Waals surface area (Å²) in [5, 5.41) is 0. The van der Waals surface area contributed by atoms with Crippen LogP contribution in [-0.4, -0.2) is 0 Å². The van der Waals surface area contributed by atoms with Gasteiger partial charge in [-0.3, -0.25) is 0 Å². The van der Waals surface area contributed by atoms with Gasteiger partial charge in [0.05, 0.1) is 0 Å². The molecule has 0 saturated heterocycles. The molecule has 0 aliphatic rings. The van der Waals surface area contributed by atoms with Crippen LogP contribution in [0.5, 0.6) is 0 Å². The molecule has 0 amide bonds. The third-order valence-corrected chi connectivity index (χ3v) is 5.16. The summed E-state index contributed by atoms with van der Waals surface area (Å²) in [5.41, 5.74) is 9.50. The van der Waals surface area contributed by atoms with E-state index < -0.39 is 0 Å². The molecule has 0 aromatic heterocycles. The summed E-state index contributed by atoms with van der Waals surface area (Å²) in [7, 11) is 0. The van der Waals surface area contributed by atoms with E-state index in [1.54, 1.807) is 33.4 Å². The van der Waals surface area contributed by atoms with Gasteiger partial charge in [0.2, 0.25) is 0 Å². The van der Waals surface area contributed by atoms with Gasteiger partial charge in [0.15, 0.2) is 0 Å². The molecule has 0 saturated carbocycles. The molecule has 0 aliphatic heterocycles. The minimum absolute atomic E-state index is 1.10. The second-order valence-electron chi connectivity index (χ2n) is 7.29. The predicted octanol–water partition coefficient (Wildman–Crippen LogP) is 7.09. The number of rotatable bonds is 10. The van der Waals surface area contributed by atoms with Crippen molar-refractivity contribution >= 4 is 0 Å². The van der Waals surface area contributed by atoms with Crippen molar-refractivity contribution in [2.75, 3.05) is 0 Å². The zero-order valence-electron chi connectivity index (χ0n) is 16.8. The summed E-state index contributed by atoms with van der Waals surface area (Å²) < 4.78 is 0. The lowest BCUT2D eigenvalue weighted by Gasteiger charge is -2.18. The molecular weight excluding hydrogens is 300 g/mol. The fourth-order valence-corrected chi connectivity index (χ4v) is 4.06. The predicted molar refractivity (Wildman–Crippen MR) is 112 cm³/mol. The third-order valence-electron chi connectivity index (χ3n) is 5.16. The first-order valence-corrected chi connectivity index (χ1v) is 10.4. The molecule has 0 radical (unpaired) electrons. The molecular formula is C25H36. The van der Waals surface area contributed by atoms with Crippen LogP contribution in [0.4, 0.5) is 0 Å². The number of hydrogen-bond acceptors (Lipinski definition) is 0. The van der Waals surface area contributed by atoms with E-state index in [1.165, 1.54) is 51.4 Å². The lowest BCUT2D eigenvalue weighted by atomic mass is 9.87. The summed E-state index contributed by atoms with van der Waals surface area (Å²) in [6.07, 6.45) is 10.9. The zero-order chi connectivity index (χ0) is 18.1. The fourth-order valence-electron chi connectivity index (χ4n) is 4.06. The number of aryl methyl sites for hydroxylation is 2. The van der Waals surface area contributed by atoms with Crippen molar-refractivity contribution in [3.05, 3.63) is 69.8 Å². The van der Waals surface area contributed by atoms with Crippen molar-refractivity contribution in [3.63, 3.8) is 0 Å². The number of benzene rings is 2. The van der Waals surface area contributed by atoms with Crippen LogP contribution in [0, 0.1) is 0 Å². The van der Waals surface area contributed by atoms with Crippen LogP contribution in [0.1, 0.15) is 86.8 Å². The van der Waals surface area contributed by atoms with Crippen molar-refractivity contribution in [2.45, 2.75) is 85.5 Å². The molecule has 0 aliphatic carbocycles. The molecule has 0 spiro atoms. The van der Waals surface area contributed by atoms with Crippen LogP contribution in [0.2, 0.25) is 0 Å². The second-order valence-corrected chi connectivity index (χ2v) is 7.29. The van der Waals surface area contributed by atoms with Gasteiger partial charge in [0, 0.05) is 0 Å². The Morgan fingerprint density at radius 3 is 1.20 bits per heavy atom. The minimum Gasteiger partial charge on any atom is -0.0651 e. The molecule has 0 unspecified atom stereocenters. The average Bonchev–Trinajstić information content (AvgIpc) is 2.61. The largest absolute Gasteiger partial charge is 0.0651 e. The van der Waals surface area contributed by atoms with Gasteiger partial charge >= 0.3 is 0 Å². The quantitative estimate of drug-likeness (QED) is 0.434. The van der Waals surface area contributed by atoms with Gasteiger partial charge in [0.1, 0.15) is 0 Å². The van der Waals surface area contributed by atoms with Gasteiger partial charge in [-0.15, -0.1) is 0 Å². The van der Waals surface area contributed by atoms with E-state index in [4.69, 9.17) is 0 Å². The van der Waals surface area contributed by atoms with Crippen molar-refractivity contribution < 1.29 is 0 Å². The molecule has 0 nitrogen and oxygen atoms in total. The molecule has 0 fully saturated rings. The molecule has 0 bridgehead atoms. The third kappa shape index (κ3) is 5.21. The number of hydrogen-bond donors (Lipinski definition) is 0. The summed E-state index contributed by atoms with van der Waals surface area (Å²) in [4.78, 5) is 0. The highest BCUT2D eigenvalue weighted by Crippen LogP contribution is 2.26. The Morgan fingerprint density at radius 1 is 0.480 bits per heavy atom. The summed E-state index contributed by atoms with van der Waals surface area (Å²) in [6, 6.07) is 14.0. The average molecular weight is 337 g/mol. The van der Waals surface area contributed by atoms with E-state index in [0.717, 1.165) is 6.42 Å². The van der Waals surface area contributed by atoms with Gasteiger partial charge in [-0.2, -0.15) is 0 Å².